The normalized spacial score (nSPS) is 10.1. The molecule has 0 aliphatic carbocycles. The summed E-state index contributed by atoms with van der Waals surface area (Å²) in [4.78, 5) is 15.3. The lowest BCUT2D eigenvalue weighted by Crippen LogP contribution is -2.15. The first kappa shape index (κ1) is 9.34. The van der Waals surface area contributed by atoms with E-state index >= 15 is 0 Å². The average Bonchev–Trinajstić information content (AvgIpc) is 2.28. The van der Waals surface area contributed by atoms with Gasteiger partial charge >= 0.3 is 0 Å². The van der Waals surface area contributed by atoms with Gasteiger partial charge in [0.25, 0.3) is 5.56 Å². The van der Waals surface area contributed by atoms with Gasteiger partial charge < -0.3 is 0 Å². The summed E-state index contributed by atoms with van der Waals surface area (Å²) < 4.78 is 13.6. The Kier molecular flexibility index (Phi) is 2.18. The maximum absolute atomic E-state index is 12.3. The molecule has 0 radical (unpaired) electrons. The van der Waals surface area contributed by atoms with Crippen molar-refractivity contribution in [3.63, 3.8) is 0 Å². The number of alkyl halides is 1. The summed E-state index contributed by atoms with van der Waals surface area (Å²) in [7, 11) is 0. The van der Waals surface area contributed by atoms with E-state index in [1.807, 2.05) is 6.07 Å². The van der Waals surface area contributed by atoms with Gasteiger partial charge in [-0.3, -0.25) is 9.20 Å². The largest absolute Gasteiger partial charge is 0.269 e. The lowest BCUT2D eigenvalue weighted by Gasteiger charge is -2.00. The van der Waals surface area contributed by atoms with Crippen molar-refractivity contribution in [2.24, 2.45) is 0 Å². The minimum absolute atomic E-state index is 0.0788. The molecule has 0 aliphatic heterocycles. The Morgan fingerprint density at radius 2 is 2.33 bits per heavy atom. The van der Waals surface area contributed by atoms with Crippen LogP contribution in [0.4, 0.5) is 4.39 Å². The van der Waals surface area contributed by atoms with Gasteiger partial charge in [0.05, 0.1) is 17.3 Å². The minimum atomic E-state index is -0.789. The zero-order valence-corrected chi connectivity index (χ0v) is 7.64. The molecule has 0 aromatic carbocycles. The van der Waals surface area contributed by atoms with Crippen LogP contribution in [0.5, 0.6) is 0 Å². The van der Waals surface area contributed by atoms with E-state index in [0.29, 0.717) is 5.56 Å². The average molecular weight is 203 g/mol. The number of hydrogen-bond acceptors (Lipinski definition) is 3. The first-order valence-electron chi connectivity index (χ1n) is 4.23. The standard InChI is InChI=1S/C10H6FN3O/c11-5-8-4-10(15)14-2-1-7(6-12)3-9(14)13-8/h1-4H,5H2. The number of nitrogens with zero attached hydrogens (tertiary/aromatic N) is 3. The third kappa shape index (κ3) is 1.57. The van der Waals surface area contributed by atoms with Gasteiger partial charge in [0.2, 0.25) is 0 Å². The van der Waals surface area contributed by atoms with E-state index in [0.717, 1.165) is 6.07 Å². The molecule has 0 fully saturated rings. The lowest BCUT2D eigenvalue weighted by molar-refractivity contribution is 0.475. The summed E-state index contributed by atoms with van der Waals surface area (Å²) in [6, 6.07) is 6.02. The zero-order chi connectivity index (χ0) is 10.8. The highest BCUT2D eigenvalue weighted by atomic mass is 19.1. The monoisotopic (exact) mass is 203 g/mol. The fourth-order valence-corrected chi connectivity index (χ4v) is 1.29. The summed E-state index contributed by atoms with van der Waals surface area (Å²) >= 11 is 0. The summed E-state index contributed by atoms with van der Waals surface area (Å²) in [5, 5.41) is 8.65. The van der Waals surface area contributed by atoms with Gasteiger partial charge in [-0.1, -0.05) is 0 Å². The van der Waals surface area contributed by atoms with E-state index in [9.17, 15) is 9.18 Å². The van der Waals surface area contributed by atoms with Crippen LogP contribution < -0.4 is 5.56 Å². The third-order valence-corrected chi connectivity index (χ3v) is 1.99. The van der Waals surface area contributed by atoms with Gasteiger partial charge in [-0.15, -0.1) is 0 Å². The van der Waals surface area contributed by atoms with Crippen LogP contribution in [0.2, 0.25) is 0 Å². The number of nitriles is 1. The van der Waals surface area contributed by atoms with Crippen LogP contribution in [0.25, 0.3) is 5.65 Å². The van der Waals surface area contributed by atoms with Crippen molar-refractivity contribution in [2.75, 3.05) is 0 Å². The van der Waals surface area contributed by atoms with Gasteiger partial charge in [-0.05, 0) is 12.1 Å². The van der Waals surface area contributed by atoms with Gasteiger partial charge in [0.1, 0.15) is 12.3 Å². The molecule has 0 spiro atoms. The second kappa shape index (κ2) is 3.50. The summed E-state index contributed by atoms with van der Waals surface area (Å²) in [6.07, 6.45) is 1.45. The molecule has 2 rings (SSSR count). The van der Waals surface area contributed by atoms with Crippen molar-refractivity contribution in [1.29, 1.82) is 5.26 Å². The van der Waals surface area contributed by atoms with Crippen LogP contribution in [-0.2, 0) is 6.67 Å². The highest BCUT2D eigenvalue weighted by Crippen LogP contribution is 2.03. The second-order valence-corrected chi connectivity index (χ2v) is 2.97. The van der Waals surface area contributed by atoms with Crippen molar-refractivity contribution < 1.29 is 4.39 Å². The zero-order valence-electron chi connectivity index (χ0n) is 7.64. The summed E-state index contributed by atoms with van der Waals surface area (Å²) in [5.74, 6) is 0. The molecule has 0 unspecified atom stereocenters. The van der Waals surface area contributed by atoms with Crippen molar-refractivity contribution in [3.8, 4) is 6.07 Å². The van der Waals surface area contributed by atoms with Gasteiger partial charge in [0.15, 0.2) is 0 Å². The molecule has 15 heavy (non-hydrogen) atoms. The predicted molar refractivity (Wildman–Crippen MR) is 51.0 cm³/mol. The number of aromatic nitrogens is 2. The second-order valence-electron chi connectivity index (χ2n) is 2.97. The number of rotatable bonds is 1. The van der Waals surface area contributed by atoms with Gasteiger partial charge in [0, 0.05) is 12.3 Å². The van der Waals surface area contributed by atoms with Gasteiger partial charge in [-0.25, -0.2) is 9.37 Å². The predicted octanol–water partition coefficient (Wildman–Crippen LogP) is 1.04. The van der Waals surface area contributed by atoms with E-state index in [1.54, 1.807) is 0 Å². The molecule has 0 atom stereocenters. The molecule has 0 amide bonds. The quantitative estimate of drug-likeness (QED) is 0.695. The molecule has 2 aromatic rings. The van der Waals surface area contributed by atoms with Crippen LogP contribution in [-0.4, -0.2) is 9.38 Å². The Bertz CT molecular complexity index is 612. The summed E-state index contributed by atoms with van der Waals surface area (Å²) in [5.41, 5.74) is 0.402. The first-order valence-corrected chi connectivity index (χ1v) is 4.23. The lowest BCUT2D eigenvalue weighted by atomic mass is 10.3. The Labute approximate surface area is 84.2 Å². The molecule has 0 aliphatic rings. The van der Waals surface area contributed by atoms with Crippen molar-refractivity contribution >= 4 is 5.65 Å². The van der Waals surface area contributed by atoms with Crippen molar-refractivity contribution in [2.45, 2.75) is 6.67 Å². The smallest absolute Gasteiger partial charge is 0.258 e. The molecule has 4 nitrogen and oxygen atoms in total. The number of pyridine rings is 1. The molecule has 5 heteroatoms. The van der Waals surface area contributed by atoms with E-state index in [4.69, 9.17) is 5.26 Å². The van der Waals surface area contributed by atoms with Crippen LogP contribution in [0, 0.1) is 11.3 Å². The molecule has 74 valence electrons. The minimum Gasteiger partial charge on any atom is -0.269 e. The number of halogens is 1. The third-order valence-electron chi connectivity index (χ3n) is 1.99. The topological polar surface area (TPSA) is 58.2 Å². The van der Waals surface area contributed by atoms with Gasteiger partial charge in [-0.2, -0.15) is 5.26 Å². The van der Waals surface area contributed by atoms with Crippen LogP contribution >= 0.6 is 0 Å². The van der Waals surface area contributed by atoms with Crippen LogP contribution in [0.3, 0.4) is 0 Å². The molecule has 0 bridgehead atoms. The number of hydrogen-bond donors (Lipinski definition) is 0. The molecular weight excluding hydrogens is 197 g/mol. The number of fused-ring (bicyclic) bond motifs is 1. The van der Waals surface area contributed by atoms with Crippen LogP contribution in [0.1, 0.15) is 11.3 Å². The molecular formula is C10H6FN3O. The van der Waals surface area contributed by atoms with Crippen molar-refractivity contribution in [3.05, 3.63) is 46.0 Å². The Morgan fingerprint density at radius 1 is 1.53 bits per heavy atom. The molecule has 0 saturated heterocycles. The fourth-order valence-electron chi connectivity index (χ4n) is 1.29. The highest BCUT2D eigenvalue weighted by molar-refractivity contribution is 5.45. The molecule has 0 N–H and O–H groups in total. The van der Waals surface area contributed by atoms with Crippen LogP contribution in [0.15, 0.2) is 29.2 Å². The molecule has 2 aromatic heterocycles. The first-order chi connectivity index (χ1) is 7.24. The maximum atomic E-state index is 12.3. The maximum Gasteiger partial charge on any atom is 0.258 e. The molecule has 2 heterocycles. The fraction of sp³-hybridized carbons (Fsp3) is 0.100. The molecule has 0 saturated carbocycles. The van der Waals surface area contributed by atoms with E-state index in [1.165, 1.54) is 22.7 Å². The van der Waals surface area contributed by atoms with E-state index < -0.39 is 6.67 Å². The van der Waals surface area contributed by atoms with E-state index in [2.05, 4.69) is 4.98 Å². The Morgan fingerprint density at radius 3 is 3.00 bits per heavy atom. The Balaban J connectivity index is 2.82. The Hall–Kier alpha value is -2.22. The SMILES string of the molecule is N#Cc1ccn2c(=O)cc(CF)nc2c1. The summed E-state index contributed by atoms with van der Waals surface area (Å²) in [6.45, 7) is -0.789. The van der Waals surface area contributed by atoms with Crippen molar-refractivity contribution in [1.82, 2.24) is 9.38 Å². The van der Waals surface area contributed by atoms with E-state index in [-0.39, 0.29) is 16.9 Å². The highest BCUT2D eigenvalue weighted by Gasteiger charge is 2.02.